The lowest BCUT2D eigenvalue weighted by Crippen LogP contribution is -2.45. The molecule has 100 valence electrons. The van der Waals surface area contributed by atoms with Crippen molar-refractivity contribution in [2.45, 2.75) is 26.4 Å². The first-order valence-electron chi connectivity index (χ1n) is 5.46. The summed E-state index contributed by atoms with van der Waals surface area (Å²) in [5, 5.41) is 15.4. The van der Waals surface area contributed by atoms with Crippen LogP contribution < -0.4 is 5.32 Å². The first-order valence-corrected chi connectivity index (χ1v) is 5.46. The number of hydrogen-bond acceptors (Lipinski definition) is 4. The molecule has 1 aromatic rings. The molecule has 2 N–H and O–H groups in total. The van der Waals surface area contributed by atoms with E-state index in [1.54, 1.807) is 0 Å². The van der Waals surface area contributed by atoms with Gasteiger partial charge in [0.1, 0.15) is 6.54 Å². The summed E-state index contributed by atoms with van der Waals surface area (Å²) in [7, 11) is 1.38. The lowest BCUT2D eigenvalue weighted by molar-refractivity contribution is -0.143. The topological polar surface area (TPSA) is 93.5 Å². The van der Waals surface area contributed by atoms with E-state index in [0.29, 0.717) is 0 Å². The Morgan fingerprint density at radius 3 is 2.67 bits per heavy atom. The van der Waals surface area contributed by atoms with Gasteiger partial charge in [-0.1, -0.05) is 0 Å². The average Bonchev–Trinajstić information content (AvgIpc) is 2.56. The molecule has 1 rings (SSSR count). The van der Waals surface area contributed by atoms with Crippen molar-refractivity contribution in [2.75, 3.05) is 13.7 Å². The molecule has 0 saturated carbocycles. The summed E-state index contributed by atoms with van der Waals surface area (Å²) in [6.45, 7) is 3.58. The summed E-state index contributed by atoms with van der Waals surface area (Å²) in [5.74, 6) is -1.54. The number of carbonyl (C=O) groups is 2. The number of aromatic nitrogens is 2. The van der Waals surface area contributed by atoms with Crippen LogP contribution in [0, 0.1) is 13.8 Å². The maximum atomic E-state index is 11.7. The van der Waals surface area contributed by atoms with Crippen molar-refractivity contribution in [3.05, 3.63) is 17.5 Å². The molecule has 0 aliphatic heterocycles. The normalized spacial score (nSPS) is 12.2. The van der Waals surface area contributed by atoms with E-state index in [0.717, 1.165) is 11.4 Å². The van der Waals surface area contributed by atoms with Crippen molar-refractivity contribution in [2.24, 2.45) is 0 Å². The first kappa shape index (κ1) is 14.2. The number of aryl methyl sites for hydroxylation is 2. The number of aliphatic carboxylic acids is 1. The van der Waals surface area contributed by atoms with Crippen molar-refractivity contribution in [3.8, 4) is 0 Å². The van der Waals surface area contributed by atoms with Crippen LogP contribution in [0.1, 0.15) is 11.4 Å². The molecule has 1 unspecified atom stereocenters. The largest absolute Gasteiger partial charge is 0.480 e. The van der Waals surface area contributed by atoms with Crippen LogP contribution in [0.5, 0.6) is 0 Å². The Morgan fingerprint density at radius 2 is 2.22 bits per heavy atom. The van der Waals surface area contributed by atoms with Crippen molar-refractivity contribution >= 4 is 11.9 Å². The second kappa shape index (κ2) is 6.15. The number of carboxylic acids is 1. The Morgan fingerprint density at radius 1 is 1.56 bits per heavy atom. The van der Waals surface area contributed by atoms with E-state index in [1.165, 1.54) is 11.8 Å². The molecule has 0 saturated heterocycles. The zero-order chi connectivity index (χ0) is 13.7. The van der Waals surface area contributed by atoms with E-state index in [-0.39, 0.29) is 13.2 Å². The molecule has 0 aliphatic rings. The quantitative estimate of drug-likeness (QED) is 0.729. The van der Waals surface area contributed by atoms with Crippen LogP contribution >= 0.6 is 0 Å². The average molecular weight is 255 g/mol. The summed E-state index contributed by atoms with van der Waals surface area (Å²) in [4.78, 5) is 22.5. The fourth-order valence-corrected chi connectivity index (χ4v) is 1.55. The third kappa shape index (κ3) is 3.85. The fourth-order valence-electron chi connectivity index (χ4n) is 1.55. The molecule has 0 spiro atoms. The van der Waals surface area contributed by atoms with Gasteiger partial charge in [-0.15, -0.1) is 0 Å². The molecule has 7 nitrogen and oxygen atoms in total. The van der Waals surface area contributed by atoms with Crippen LogP contribution in [0.25, 0.3) is 0 Å². The molecular formula is C11H17N3O4. The predicted molar refractivity (Wildman–Crippen MR) is 63.1 cm³/mol. The lowest BCUT2D eigenvalue weighted by atomic mass is 10.3. The van der Waals surface area contributed by atoms with Gasteiger partial charge in [0.2, 0.25) is 5.91 Å². The van der Waals surface area contributed by atoms with Crippen LogP contribution in [0.15, 0.2) is 6.07 Å². The van der Waals surface area contributed by atoms with Gasteiger partial charge in [0, 0.05) is 12.8 Å². The summed E-state index contributed by atoms with van der Waals surface area (Å²) >= 11 is 0. The number of methoxy groups -OCH3 is 1. The zero-order valence-electron chi connectivity index (χ0n) is 10.6. The molecule has 0 radical (unpaired) electrons. The smallest absolute Gasteiger partial charge is 0.328 e. The number of hydrogen-bond donors (Lipinski definition) is 2. The van der Waals surface area contributed by atoms with Gasteiger partial charge in [-0.2, -0.15) is 5.10 Å². The van der Waals surface area contributed by atoms with Crippen molar-refractivity contribution in [3.63, 3.8) is 0 Å². The Kier molecular flexibility index (Phi) is 4.85. The summed E-state index contributed by atoms with van der Waals surface area (Å²) in [5.41, 5.74) is 1.66. The Labute approximate surface area is 105 Å². The van der Waals surface area contributed by atoms with E-state index in [4.69, 9.17) is 9.84 Å². The molecule has 0 fully saturated rings. The number of ether oxygens (including phenoxy) is 1. The third-order valence-electron chi connectivity index (χ3n) is 2.36. The molecule has 0 aliphatic carbocycles. The van der Waals surface area contributed by atoms with Crippen LogP contribution in [0.2, 0.25) is 0 Å². The van der Waals surface area contributed by atoms with Gasteiger partial charge in [-0.3, -0.25) is 9.48 Å². The highest BCUT2D eigenvalue weighted by Crippen LogP contribution is 2.01. The summed E-state index contributed by atoms with van der Waals surface area (Å²) in [6.07, 6.45) is 0. The van der Waals surface area contributed by atoms with E-state index in [1.807, 2.05) is 19.9 Å². The third-order valence-corrected chi connectivity index (χ3v) is 2.36. The molecule has 1 atom stereocenters. The van der Waals surface area contributed by atoms with E-state index in [9.17, 15) is 9.59 Å². The van der Waals surface area contributed by atoms with Gasteiger partial charge in [-0.05, 0) is 19.9 Å². The Bertz CT molecular complexity index is 441. The maximum Gasteiger partial charge on any atom is 0.328 e. The monoisotopic (exact) mass is 255 g/mol. The molecule has 1 amide bonds. The minimum absolute atomic E-state index is 0.00678. The highest BCUT2D eigenvalue weighted by atomic mass is 16.5. The van der Waals surface area contributed by atoms with Crippen molar-refractivity contribution in [1.29, 1.82) is 0 Å². The van der Waals surface area contributed by atoms with Gasteiger partial charge in [0.15, 0.2) is 6.04 Å². The predicted octanol–water partition coefficient (Wildman–Crippen LogP) is -0.284. The molecule has 7 heteroatoms. The highest BCUT2D eigenvalue weighted by molar-refractivity contribution is 5.83. The van der Waals surface area contributed by atoms with Gasteiger partial charge in [-0.25, -0.2) is 4.79 Å². The van der Waals surface area contributed by atoms with Gasteiger partial charge in [0.05, 0.1) is 12.3 Å². The maximum absolute atomic E-state index is 11.7. The second-order valence-electron chi connectivity index (χ2n) is 4.00. The van der Waals surface area contributed by atoms with Gasteiger partial charge >= 0.3 is 5.97 Å². The summed E-state index contributed by atoms with van der Waals surface area (Å²) in [6, 6.07) is 0.802. The fraction of sp³-hybridized carbons (Fsp3) is 0.545. The Hall–Kier alpha value is -1.89. The van der Waals surface area contributed by atoms with Crippen LogP contribution in [-0.4, -0.2) is 46.5 Å². The van der Waals surface area contributed by atoms with Gasteiger partial charge < -0.3 is 15.2 Å². The van der Waals surface area contributed by atoms with E-state index in [2.05, 4.69) is 10.4 Å². The molecule has 0 bridgehead atoms. The van der Waals surface area contributed by atoms with Crippen LogP contribution in [-0.2, 0) is 20.9 Å². The SMILES string of the molecule is COCC(NC(=O)Cn1nc(C)cc1C)C(=O)O. The van der Waals surface area contributed by atoms with E-state index < -0.39 is 17.9 Å². The molecule has 1 heterocycles. The number of carbonyl (C=O) groups excluding carboxylic acids is 1. The molecule has 0 aromatic carbocycles. The lowest BCUT2D eigenvalue weighted by Gasteiger charge is -2.13. The highest BCUT2D eigenvalue weighted by Gasteiger charge is 2.20. The van der Waals surface area contributed by atoms with Crippen LogP contribution in [0.3, 0.4) is 0 Å². The standard InChI is InChI=1S/C11H17N3O4/c1-7-4-8(2)14(13-7)5-10(15)12-9(6-18-3)11(16)17/h4,9H,5-6H2,1-3H3,(H,12,15)(H,16,17). The minimum Gasteiger partial charge on any atom is -0.480 e. The van der Waals surface area contributed by atoms with Gasteiger partial charge in [0.25, 0.3) is 0 Å². The number of rotatable bonds is 6. The number of amides is 1. The number of nitrogens with zero attached hydrogens (tertiary/aromatic N) is 2. The molecule has 1 aromatic heterocycles. The molecule has 18 heavy (non-hydrogen) atoms. The minimum atomic E-state index is -1.13. The number of nitrogens with one attached hydrogen (secondary N) is 1. The number of carboxylic acid groups (broad SMARTS) is 1. The first-order chi connectivity index (χ1) is 8.43. The molecular weight excluding hydrogens is 238 g/mol. The second-order valence-corrected chi connectivity index (χ2v) is 4.00. The van der Waals surface area contributed by atoms with Crippen molar-refractivity contribution < 1.29 is 19.4 Å². The Balaban J connectivity index is 2.60. The van der Waals surface area contributed by atoms with Crippen LogP contribution in [0.4, 0.5) is 0 Å². The summed E-state index contributed by atoms with van der Waals surface area (Å²) < 4.78 is 6.25. The van der Waals surface area contributed by atoms with Crippen molar-refractivity contribution in [1.82, 2.24) is 15.1 Å². The zero-order valence-corrected chi connectivity index (χ0v) is 10.6. The van der Waals surface area contributed by atoms with E-state index >= 15 is 0 Å².